The highest BCUT2D eigenvalue weighted by molar-refractivity contribution is 7.89. The number of hydrogen-bond acceptors (Lipinski definition) is 4. The lowest BCUT2D eigenvalue weighted by atomic mass is 9.98. The number of piperidine rings is 1. The molecule has 4 rings (SSSR count). The van der Waals surface area contributed by atoms with Gasteiger partial charge in [0.1, 0.15) is 0 Å². The quantitative estimate of drug-likeness (QED) is 0.754. The third-order valence-corrected chi connectivity index (χ3v) is 8.35. The molecule has 3 fully saturated rings. The van der Waals surface area contributed by atoms with Crippen molar-refractivity contribution in [3.63, 3.8) is 0 Å². The Balaban J connectivity index is 1.47. The molecule has 1 aromatic carbocycles. The highest BCUT2D eigenvalue weighted by Gasteiger charge is 2.42. The maximum absolute atomic E-state index is 13.1. The molecule has 7 heteroatoms. The van der Waals surface area contributed by atoms with Crippen LogP contribution in [0.5, 0.6) is 0 Å². The highest BCUT2D eigenvalue weighted by atomic mass is 32.2. The van der Waals surface area contributed by atoms with Crippen molar-refractivity contribution in [1.82, 2.24) is 9.21 Å². The normalized spacial score (nSPS) is 22.9. The number of aryl methyl sites for hydroxylation is 1. The van der Waals surface area contributed by atoms with Crippen LogP contribution in [0.3, 0.4) is 0 Å². The lowest BCUT2D eigenvalue weighted by Gasteiger charge is -2.43. The molecule has 0 atom stereocenters. The standard InChI is InChI=1S/C21H30N2O4S/c1-16-4-2-3-5-20(16)28(25,26)22-12-8-18(9-13-22)23(21(24)17-6-7-17)19-10-14-27-15-11-19/h2-5,17-19H,6-15H2,1H3. The Labute approximate surface area is 167 Å². The van der Waals surface area contributed by atoms with Crippen molar-refractivity contribution < 1.29 is 17.9 Å². The van der Waals surface area contributed by atoms with Gasteiger partial charge >= 0.3 is 0 Å². The van der Waals surface area contributed by atoms with E-state index in [2.05, 4.69) is 4.90 Å². The van der Waals surface area contributed by atoms with Gasteiger partial charge in [-0.15, -0.1) is 0 Å². The fraction of sp³-hybridized carbons (Fsp3) is 0.667. The molecular formula is C21H30N2O4S. The molecule has 0 unspecified atom stereocenters. The van der Waals surface area contributed by atoms with E-state index in [0.29, 0.717) is 44.0 Å². The summed E-state index contributed by atoms with van der Waals surface area (Å²) in [6, 6.07) is 7.53. The number of carbonyl (C=O) groups excluding carboxylic acids is 1. The van der Waals surface area contributed by atoms with Gasteiger partial charge in [-0.1, -0.05) is 18.2 Å². The molecule has 0 N–H and O–H groups in total. The van der Waals surface area contributed by atoms with Gasteiger partial charge in [0.2, 0.25) is 15.9 Å². The van der Waals surface area contributed by atoms with Crippen LogP contribution in [-0.4, -0.2) is 61.9 Å². The topological polar surface area (TPSA) is 66.9 Å². The average molecular weight is 407 g/mol. The summed E-state index contributed by atoms with van der Waals surface area (Å²) < 4.78 is 33.2. The minimum Gasteiger partial charge on any atom is -0.381 e. The minimum atomic E-state index is -3.48. The molecule has 6 nitrogen and oxygen atoms in total. The van der Waals surface area contributed by atoms with Crippen LogP contribution in [0, 0.1) is 12.8 Å². The minimum absolute atomic E-state index is 0.138. The number of ether oxygens (including phenoxy) is 1. The Morgan fingerprint density at radius 3 is 2.21 bits per heavy atom. The summed E-state index contributed by atoms with van der Waals surface area (Å²) in [7, 11) is -3.48. The zero-order valence-electron chi connectivity index (χ0n) is 16.5. The van der Waals surface area contributed by atoms with Gasteiger partial charge in [-0.25, -0.2) is 8.42 Å². The lowest BCUT2D eigenvalue weighted by molar-refractivity contribution is -0.141. The largest absolute Gasteiger partial charge is 0.381 e. The van der Waals surface area contributed by atoms with E-state index in [1.165, 1.54) is 0 Å². The van der Waals surface area contributed by atoms with E-state index in [4.69, 9.17) is 4.74 Å². The molecule has 1 amide bonds. The highest BCUT2D eigenvalue weighted by Crippen LogP contribution is 2.36. The molecule has 0 spiro atoms. The molecule has 2 heterocycles. The first-order valence-corrected chi connectivity index (χ1v) is 11.9. The zero-order valence-corrected chi connectivity index (χ0v) is 17.4. The fourth-order valence-corrected chi connectivity index (χ4v) is 6.20. The van der Waals surface area contributed by atoms with Crippen LogP contribution in [0.1, 0.15) is 44.1 Å². The third kappa shape index (κ3) is 3.98. The van der Waals surface area contributed by atoms with Crippen LogP contribution in [-0.2, 0) is 19.6 Å². The second-order valence-electron chi connectivity index (χ2n) is 8.26. The fourth-order valence-electron chi connectivity index (χ4n) is 4.51. The Morgan fingerprint density at radius 1 is 1.00 bits per heavy atom. The van der Waals surface area contributed by atoms with E-state index in [-0.39, 0.29) is 23.9 Å². The van der Waals surface area contributed by atoms with Crippen LogP contribution < -0.4 is 0 Å². The van der Waals surface area contributed by atoms with Crippen LogP contribution in [0.25, 0.3) is 0 Å². The summed E-state index contributed by atoms with van der Waals surface area (Å²) in [6.45, 7) is 4.19. The molecule has 1 saturated carbocycles. The average Bonchev–Trinajstić information content (AvgIpc) is 3.55. The molecule has 2 saturated heterocycles. The van der Waals surface area contributed by atoms with E-state index >= 15 is 0 Å². The molecule has 154 valence electrons. The van der Waals surface area contributed by atoms with Crippen molar-refractivity contribution in [2.45, 2.75) is 62.4 Å². The summed E-state index contributed by atoms with van der Waals surface area (Å²) in [4.78, 5) is 15.5. The molecule has 1 aliphatic carbocycles. The molecule has 0 aromatic heterocycles. The summed E-state index contributed by atoms with van der Waals surface area (Å²) in [6.07, 6.45) is 5.19. The lowest BCUT2D eigenvalue weighted by Crippen LogP contribution is -2.54. The Morgan fingerprint density at radius 2 is 1.61 bits per heavy atom. The summed E-state index contributed by atoms with van der Waals surface area (Å²) >= 11 is 0. The van der Waals surface area contributed by atoms with E-state index in [1.54, 1.807) is 16.4 Å². The molecule has 2 aliphatic heterocycles. The molecule has 3 aliphatic rings. The molecule has 28 heavy (non-hydrogen) atoms. The number of sulfonamides is 1. The Kier molecular flexibility index (Phi) is 5.76. The number of rotatable bonds is 5. The number of amides is 1. The van der Waals surface area contributed by atoms with E-state index < -0.39 is 10.0 Å². The van der Waals surface area contributed by atoms with Gasteiger partial charge in [-0.3, -0.25) is 4.79 Å². The Bertz CT molecular complexity index is 807. The summed E-state index contributed by atoms with van der Waals surface area (Å²) in [5.41, 5.74) is 0.775. The maximum Gasteiger partial charge on any atom is 0.243 e. The Hall–Kier alpha value is -1.44. The first-order chi connectivity index (χ1) is 13.5. The number of nitrogens with zero attached hydrogens (tertiary/aromatic N) is 2. The van der Waals surface area contributed by atoms with Crippen LogP contribution in [0.15, 0.2) is 29.2 Å². The van der Waals surface area contributed by atoms with Crippen LogP contribution in [0.4, 0.5) is 0 Å². The number of carbonyl (C=O) groups is 1. The van der Waals surface area contributed by atoms with Gasteiger partial charge in [0, 0.05) is 44.3 Å². The van der Waals surface area contributed by atoms with Gasteiger partial charge < -0.3 is 9.64 Å². The predicted molar refractivity (Wildman–Crippen MR) is 106 cm³/mol. The smallest absolute Gasteiger partial charge is 0.243 e. The third-order valence-electron chi connectivity index (χ3n) is 6.29. The predicted octanol–water partition coefficient (Wildman–Crippen LogP) is 2.57. The SMILES string of the molecule is Cc1ccccc1S(=O)(=O)N1CCC(N(C(=O)C2CC2)C2CCOCC2)CC1. The number of benzene rings is 1. The van der Waals surface area contributed by atoms with Crippen molar-refractivity contribution in [2.75, 3.05) is 26.3 Å². The van der Waals surface area contributed by atoms with Crippen molar-refractivity contribution in [1.29, 1.82) is 0 Å². The van der Waals surface area contributed by atoms with Crippen molar-refractivity contribution in [3.05, 3.63) is 29.8 Å². The van der Waals surface area contributed by atoms with Crippen molar-refractivity contribution in [2.24, 2.45) is 5.92 Å². The summed E-state index contributed by atoms with van der Waals surface area (Å²) in [5.74, 6) is 0.476. The molecule has 1 aromatic rings. The second-order valence-corrected chi connectivity index (χ2v) is 10.2. The monoisotopic (exact) mass is 406 g/mol. The van der Waals surface area contributed by atoms with E-state index in [1.807, 2.05) is 19.1 Å². The summed E-state index contributed by atoms with van der Waals surface area (Å²) in [5, 5.41) is 0. The van der Waals surface area contributed by atoms with E-state index in [9.17, 15) is 13.2 Å². The zero-order chi connectivity index (χ0) is 19.7. The number of hydrogen-bond donors (Lipinski definition) is 0. The van der Waals surface area contributed by atoms with Crippen molar-refractivity contribution >= 4 is 15.9 Å². The van der Waals surface area contributed by atoms with Crippen LogP contribution in [0.2, 0.25) is 0 Å². The molecular weight excluding hydrogens is 376 g/mol. The van der Waals surface area contributed by atoms with Gasteiger partial charge in [-0.2, -0.15) is 4.31 Å². The van der Waals surface area contributed by atoms with Gasteiger partial charge in [0.25, 0.3) is 0 Å². The van der Waals surface area contributed by atoms with Gasteiger partial charge in [0.05, 0.1) is 4.90 Å². The van der Waals surface area contributed by atoms with Crippen molar-refractivity contribution in [3.8, 4) is 0 Å². The van der Waals surface area contributed by atoms with E-state index in [0.717, 1.165) is 31.2 Å². The second kappa shape index (κ2) is 8.13. The molecule has 0 bridgehead atoms. The van der Waals surface area contributed by atoms with Gasteiger partial charge in [-0.05, 0) is 57.1 Å². The van der Waals surface area contributed by atoms with Gasteiger partial charge in [0.15, 0.2) is 0 Å². The first-order valence-electron chi connectivity index (χ1n) is 10.4. The van der Waals surface area contributed by atoms with Crippen LogP contribution >= 0.6 is 0 Å². The first kappa shape index (κ1) is 19.9. The maximum atomic E-state index is 13.1. The molecule has 0 radical (unpaired) electrons.